The fourth-order valence-electron chi connectivity index (χ4n) is 2.23. The average molecular weight is 213 g/mol. The quantitative estimate of drug-likeness (QED) is 0.770. The Labute approximate surface area is 90.3 Å². The molecule has 0 aromatic rings. The van der Waals surface area contributed by atoms with Crippen LogP contribution in [0.2, 0.25) is 0 Å². The van der Waals surface area contributed by atoms with Crippen LogP contribution < -0.4 is 0 Å². The minimum Gasteiger partial charge on any atom is -0.481 e. The normalized spacial score (nSPS) is 20.0. The molecule has 0 aliphatic carbocycles. The van der Waals surface area contributed by atoms with E-state index >= 15 is 0 Å². The van der Waals surface area contributed by atoms with Crippen LogP contribution in [0.1, 0.15) is 33.1 Å². The van der Waals surface area contributed by atoms with Gasteiger partial charge in [-0.1, -0.05) is 6.92 Å². The lowest BCUT2D eigenvalue weighted by Crippen LogP contribution is -2.38. The number of hydrogen-bond acceptors (Lipinski definition) is 2. The van der Waals surface area contributed by atoms with Gasteiger partial charge in [0.05, 0.1) is 0 Å². The second-order valence-corrected chi connectivity index (χ2v) is 4.42. The molecule has 1 amide bonds. The van der Waals surface area contributed by atoms with E-state index < -0.39 is 5.97 Å². The van der Waals surface area contributed by atoms with E-state index in [1.54, 1.807) is 6.92 Å². The van der Waals surface area contributed by atoms with Gasteiger partial charge in [-0.3, -0.25) is 9.59 Å². The first kappa shape index (κ1) is 12.0. The molecule has 86 valence electrons. The molecule has 0 bridgehead atoms. The van der Waals surface area contributed by atoms with Gasteiger partial charge in [-0.2, -0.15) is 0 Å². The van der Waals surface area contributed by atoms with Crippen molar-refractivity contribution in [1.82, 2.24) is 4.90 Å². The monoisotopic (exact) mass is 213 g/mol. The Bertz CT molecular complexity index is 244. The number of aliphatic carboxylic acids is 1. The Hall–Kier alpha value is -1.06. The molecule has 1 N–H and O–H groups in total. The van der Waals surface area contributed by atoms with Crippen molar-refractivity contribution >= 4 is 11.9 Å². The van der Waals surface area contributed by atoms with Gasteiger partial charge in [-0.15, -0.1) is 0 Å². The van der Waals surface area contributed by atoms with Crippen LogP contribution in [0.25, 0.3) is 0 Å². The fraction of sp³-hybridized carbons (Fsp3) is 0.818. The van der Waals surface area contributed by atoms with Crippen LogP contribution in [0.4, 0.5) is 0 Å². The Morgan fingerprint density at radius 1 is 1.40 bits per heavy atom. The molecule has 1 aliphatic heterocycles. The van der Waals surface area contributed by atoms with E-state index in [0.29, 0.717) is 5.92 Å². The maximum atomic E-state index is 11.1. The third-order valence-corrected chi connectivity index (χ3v) is 3.29. The van der Waals surface area contributed by atoms with Crippen molar-refractivity contribution in [3.63, 3.8) is 0 Å². The van der Waals surface area contributed by atoms with Gasteiger partial charge in [0, 0.05) is 26.4 Å². The summed E-state index contributed by atoms with van der Waals surface area (Å²) in [6.45, 7) is 5.14. The van der Waals surface area contributed by atoms with Gasteiger partial charge in [-0.05, 0) is 24.7 Å². The van der Waals surface area contributed by atoms with E-state index in [4.69, 9.17) is 5.11 Å². The number of nitrogens with zero attached hydrogens (tertiary/aromatic N) is 1. The summed E-state index contributed by atoms with van der Waals surface area (Å²) < 4.78 is 0. The minimum atomic E-state index is -0.725. The Morgan fingerprint density at radius 3 is 2.33 bits per heavy atom. The standard InChI is InChI=1S/C11H19NO3/c1-8(7-11(14)15)10-3-5-12(6-4-10)9(2)13/h8,10H,3-7H2,1-2H3,(H,14,15). The molecule has 1 aliphatic rings. The summed E-state index contributed by atoms with van der Waals surface area (Å²) in [5.41, 5.74) is 0. The number of carbonyl (C=O) groups is 2. The number of likely N-dealkylation sites (tertiary alicyclic amines) is 1. The largest absolute Gasteiger partial charge is 0.481 e. The molecule has 0 radical (unpaired) electrons. The maximum absolute atomic E-state index is 11.1. The predicted molar refractivity (Wildman–Crippen MR) is 56.4 cm³/mol. The zero-order valence-electron chi connectivity index (χ0n) is 9.40. The van der Waals surface area contributed by atoms with Gasteiger partial charge in [0.15, 0.2) is 0 Å². The molecule has 4 nitrogen and oxygen atoms in total. The zero-order valence-corrected chi connectivity index (χ0v) is 9.40. The first-order chi connectivity index (χ1) is 7.00. The molecule has 1 unspecified atom stereocenters. The summed E-state index contributed by atoms with van der Waals surface area (Å²) in [6.07, 6.45) is 2.12. The third kappa shape index (κ3) is 3.53. The number of amides is 1. The summed E-state index contributed by atoms with van der Waals surface area (Å²) >= 11 is 0. The lowest BCUT2D eigenvalue weighted by molar-refractivity contribution is -0.139. The van der Waals surface area contributed by atoms with Crippen LogP contribution in [-0.4, -0.2) is 35.0 Å². The zero-order chi connectivity index (χ0) is 11.4. The number of carbonyl (C=O) groups excluding carboxylic acids is 1. The van der Waals surface area contributed by atoms with E-state index in [9.17, 15) is 9.59 Å². The van der Waals surface area contributed by atoms with Gasteiger partial charge in [-0.25, -0.2) is 0 Å². The van der Waals surface area contributed by atoms with Crippen LogP contribution in [0, 0.1) is 11.8 Å². The van der Waals surface area contributed by atoms with Crippen LogP contribution in [0.15, 0.2) is 0 Å². The molecule has 15 heavy (non-hydrogen) atoms. The van der Waals surface area contributed by atoms with Gasteiger partial charge in [0.25, 0.3) is 0 Å². The highest BCUT2D eigenvalue weighted by Crippen LogP contribution is 2.26. The SMILES string of the molecule is CC(=O)N1CCC(C(C)CC(=O)O)CC1. The number of hydrogen-bond donors (Lipinski definition) is 1. The molecule has 1 saturated heterocycles. The van der Waals surface area contributed by atoms with Crippen molar-refractivity contribution in [3.05, 3.63) is 0 Å². The number of carboxylic acids is 1. The maximum Gasteiger partial charge on any atom is 0.303 e. The molecule has 0 spiro atoms. The first-order valence-corrected chi connectivity index (χ1v) is 5.48. The third-order valence-electron chi connectivity index (χ3n) is 3.29. The van der Waals surface area contributed by atoms with Crippen molar-refractivity contribution in [3.8, 4) is 0 Å². The summed E-state index contributed by atoms with van der Waals surface area (Å²) in [7, 11) is 0. The van der Waals surface area contributed by atoms with Crippen LogP contribution in [0.3, 0.4) is 0 Å². The molecule has 1 atom stereocenters. The molecule has 0 saturated carbocycles. The molecule has 1 fully saturated rings. The predicted octanol–water partition coefficient (Wildman–Crippen LogP) is 1.36. The summed E-state index contributed by atoms with van der Waals surface area (Å²) in [4.78, 5) is 23.5. The Balaban J connectivity index is 2.36. The highest BCUT2D eigenvalue weighted by molar-refractivity contribution is 5.73. The highest BCUT2D eigenvalue weighted by Gasteiger charge is 2.25. The Kier molecular flexibility index (Phi) is 4.12. The van der Waals surface area contributed by atoms with E-state index in [0.717, 1.165) is 25.9 Å². The van der Waals surface area contributed by atoms with Crippen molar-refractivity contribution < 1.29 is 14.7 Å². The molecule has 0 aromatic carbocycles. The minimum absolute atomic E-state index is 0.124. The van der Waals surface area contributed by atoms with E-state index in [1.807, 2.05) is 11.8 Å². The number of piperidine rings is 1. The van der Waals surface area contributed by atoms with Gasteiger partial charge in [0.1, 0.15) is 0 Å². The molecule has 4 heteroatoms. The van der Waals surface area contributed by atoms with Crippen molar-refractivity contribution in [2.24, 2.45) is 11.8 Å². The fourth-order valence-corrected chi connectivity index (χ4v) is 2.23. The van der Waals surface area contributed by atoms with Gasteiger partial charge >= 0.3 is 5.97 Å². The second-order valence-electron chi connectivity index (χ2n) is 4.42. The Morgan fingerprint density at radius 2 is 1.93 bits per heavy atom. The molecular weight excluding hydrogens is 194 g/mol. The summed E-state index contributed by atoms with van der Waals surface area (Å²) in [5.74, 6) is 0.0733. The van der Waals surface area contributed by atoms with Crippen LogP contribution >= 0.6 is 0 Å². The van der Waals surface area contributed by atoms with E-state index in [1.165, 1.54) is 0 Å². The number of carboxylic acid groups (broad SMARTS) is 1. The summed E-state index contributed by atoms with van der Waals surface area (Å²) in [5, 5.41) is 8.69. The topological polar surface area (TPSA) is 57.6 Å². The first-order valence-electron chi connectivity index (χ1n) is 5.48. The van der Waals surface area contributed by atoms with Crippen molar-refractivity contribution in [1.29, 1.82) is 0 Å². The van der Waals surface area contributed by atoms with Gasteiger partial charge < -0.3 is 10.0 Å². The van der Waals surface area contributed by atoms with Crippen LogP contribution in [0.5, 0.6) is 0 Å². The van der Waals surface area contributed by atoms with E-state index in [2.05, 4.69) is 0 Å². The van der Waals surface area contributed by atoms with Gasteiger partial charge in [0.2, 0.25) is 5.91 Å². The van der Waals surface area contributed by atoms with Crippen molar-refractivity contribution in [2.75, 3.05) is 13.1 Å². The van der Waals surface area contributed by atoms with E-state index in [-0.39, 0.29) is 18.2 Å². The number of rotatable bonds is 3. The summed E-state index contributed by atoms with van der Waals surface area (Å²) in [6, 6.07) is 0. The smallest absolute Gasteiger partial charge is 0.303 e. The lowest BCUT2D eigenvalue weighted by atomic mass is 9.83. The molecular formula is C11H19NO3. The lowest BCUT2D eigenvalue weighted by Gasteiger charge is -2.33. The average Bonchev–Trinajstić information content (AvgIpc) is 2.17. The second kappa shape index (κ2) is 5.14. The molecule has 0 aromatic heterocycles. The molecule has 1 rings (SSSR count). The van der Waals surface area contributed by atoms with Crippen molar-refractivity contribution in [2.45, 2.75) is 33.1 Å². The van der Waals surface area contributed by atoms with Crippen LogP contribution in [-0.2, 0) is 9.59 Å². The highest BCUT2D eigenvalue weighted by atomic mass is 16.4. The molecule has 1 heterocycles.